The van der Waals surface area contributed by atoms with Gasteiger partial charge in [-0.2, -0.15) is 0 Å². The highest BCUT2D eigenvalue weighted by Gasteiger charge is 2.31. The van der Waals surface area contributed by atoms with Crippen molar-refractivity contribution in [2.24, 2.45) is 11.0 Å². The average Bonchev–Trinajstić information content (AvgIpc) is 2.85. The first-order valence-corrected chi connectivity index (χ1v) is 6.36. The van der Waals surface area contributed by atoms with E-state index in [1.807, 2.05) is 0 Å². The van der Waals surface area contributed by atoms with Gasteiger partial charge >= 0.3 is 11.9 Å². The lowest BCUT2D eigenvalue weighted by Gasteiger charge is -2.17. The molecule has 2 N–H and O–H groups in total. The Balaban J connectivity index is 2.31. The minimum absolute atomic E-state index is 0.143. The van der Waals surface area contributed by atoms with E-state index in [-0.39, 0.29) is 35.9 Å². The maximum Gasteiger partial charge on any atom is 0.336 e. The summed E-state index contributed by atoms with van der Waals surface area (Å²) < 4.78 is 0. The Labute approximate surface area is 124 Å². The maximum atomic E-state index is 12.0. The molecule has 1 fully saturated rings. The van der Waals surface area contributed by atoms with Gasteiger partial charge in [0.2, 0.25) is 5.91 Å². The molecule has 0 radical (unpaired) electrons. The molecule has 1 unspecified atom stereocenters. The standard InChI is InChI=1S/C13H12N4O5/c14-16-15-5-7-3-11(18)17(6-7)8-1-2-9(12(19)20)10(4-8)13(21)22/h1-2,4,7H,3,5-6H2,(H,19,20)(H,21,22). The first-order valence-electron chi connectivity index (χ1n) is 6.36. The Morgan fingerprint density at radius 1 is 1.32 bits per heavy atom. The molecule has 0 bridgehead atoms. The van der Waals surface area contributed by atoms with Gasteiger partial charge in [-0.3, -0.25) is 4.79 Å². The molecule has 114 valence electrons. The molecule has 1 saturated heterocycles. The summed E-state index contributed by atoms with van der Waals surface area (Å²) in [4.78, 5) is 38.2. The third-order valence-electron chi connectivity index (χ3n) is 3.38. The Morgan fingerprint density at radius 2 is 2.00 bits per heavy atom. The number of azide groups is 1. The van der Waals surface area contributed by atoms with E-state index in [0.717, 1.165) is 6.07 Å². The van der Waals surface area contributed by atoms with Crippen LogP contribution < -0.4 is 4.90 Å². The first kappa shape index (κ1) is 15.3. The number of amides is 1. The molecule has 1 amide bonds. The number of benzene rings is 1. The highest BCUT2D eigenvalue weighted by molar-refractivity contribution is 6.04. The van der Waals surface area contributed by atoms with Crippen molar-refractivity contribution >= 4 is 23.5 Å². The molecule has 0 spiro atoms. The SMILES string of the molecule is [N-]=[N+]=NCC1CC(=O)N(c2ccc(C(=O)O)c(C(=O)O)c2)C1. The smallest absolute Gasteiger partial charge is 0.336 e. The van der Waals surface area contributed by atoms with Gasteiger partial charge < -0.3 is 15.1 Å². The van der Waals surface area contributed by atoms with Crippen molar-refractivity contribution in [1.29, 1.82) is 0 Å². The van der Waals surface area contributed by atoms with E-state index in [2.05, 4.69) is 10.0 Å². The minimum atomic E-state index is -1.38. The van der Waals surface area contributed by atoms with Crippen LogP contribution in [-0.2, 0) is 4.79 Å². The van der Waals surface area contributed by atoms with Crippen LogP contribution in [-0.4, -0.2) is 41.1 Å². The van der Waals surface area contributed by atoms with E-state index < -0.39 is 11.9 Å². The van der Waals surface area contributed by atoms with Crippen LogP contribution in [0.25, 0.3) is 10.4 Å². The lowest BCUT2D eigenvalue weighted by molar-refractivity contribution is -0.117. The summed E-state index contributed by atoms with van der Waals surface area (Å²) in [7, 11) is 0. The number of nitrogens with zero attached hydrogens (tertiary/aromatic N) is 4. The number of rotatable bonds is 5. The summed E-state index contributed by atoms with van der Waals surface area (Å²) in [5.41, 5.74) is 7.89. The zero-order chi connectivity index (χ0) is 16.3. The van der Waals surface area contributed by atoms with E-state index in [1.54, 1.807) is 0 Å². The number of hydrogen-bond acceptors (Lipinski definition) is 4. The molecular formula is C13H12N4O5. The molecule has 0 saturated carbocycles. The van der Waals surface area contributed by atoms with E-state index in [4.69, 9.17) is 15.7 Å². The fourth-order valence-corrected chi connectivity index (χ4v) is 2.37. The number of carbonyl (C=O) groups is 3. The number of aromatic carboxylic acids is 2. The number of carboxylic acids is 2. The number of anilines is 1. The topological polar surface area (TPSA) is 144 Å². The minimum Gasteiger partial charge on any atom is -0.478 e. The summed E-state index contributed by atoms with van der Waals surface area (Å²) in [5, 5.41) is 21.5. The van der Waals surface area contributed by atoms with Crippen molar-refractivity contribution < 1.29 is 24.6 Å². The molecule has 0 aliphatic carbocycles. The highest BCUT2D eigenvalue weighted by atomic mass is 16.4. The largest absolute Gasteiger partial charge is 0.478 e. The monoisotopic (exact) mass is 304 g/mol. The van der Waals surface area contributed by atoms with Crippen LogP contribution in [0, 0.1) is 5.92 Å². The quantitative estimate of drug-likeness (QED) is 0.483. The van der Waals surface area contributed by atoms with Gasteiger partial charge in [-0.15, -0.1) is 0 Å². The van der Waals surface area contributed by atoms with Crippen LogP contribution in [0.5, 0.6) is 0 Å². The maximum absolute atomic E-state index is 12.0. The Hall–Kier alpha value is -3.06. The Morgan fingerprint density at radius 3 is 2.59 bits per heavy atom. The van der Waals surface area contributed by atoms with Crippen molar-refractivity contribution in [3.8, 4) is 0 Å². The van der Waals surface area contributed by atoms with Crippen molar-refractivity contribution in [3.63, 3.8) is 0 Å². The van der Waals surface area contributed by atoms with Gasteiger partial charge in [0.15, 0.2) is 0 Å². The predicted molar refractivity (Wildman–Crippen MR) is 74.8 cm³/mol. The summed E-state index contributed by atoms with van der Waals surface area (Å²) in [5.74, 6) is -3.09. The van der Waals surface area contributed by atoms with E-state index in [0.29, 0.717) is 12.2 Å². The van der Waals surface area contributed by atoms with Crippen molar-refractivity contribution in [2.45, 2.75) is 6.42 Å². The molecule has 1 aromatic carbocycles. The van der Waals surface area contributed by atoms with Gasteiger partial charge in [-0.25, -0.2) is 9.59 Å². The molecule has 1 heterocycles. The normalized spacial score (nSPS) is 17.2. The van der Waals surface area contributed by atoms with Gasteiger partial charge in [0.1, 0.15) is 0 Å². The third-order valence-corrected chi connectivity index (χ3v) is 3.38. The molecule has 22 heavy (non-hydrogen) atoms. The second-order valence-corrected chi connectivity index (χ2v) is 4.83. The van der Waals surface area contributed by atoms with Crippen LogP contribution in [0.15, 0.2) is 23.3 Å². The Kier molecular flexibility index (Phi) is 4.28. The van der Waals surface area contributed by atoms with Crippen LogP contribution >= 0.6 is 0 Å². The van der Waals surface area contributed by atoms with Crippen LogP contribution in [0.1, 0.15) is 27.1 Å². The van der Waals surface area contributed by atoms with E-state index >= 15 is 0 Å². The second-order valence-electron chi connectivity index (χ2n) is 4.83. The molecule has 0 aromatic heterocycles. The van der Waals surface area contributed by atoms with Crippen LogP contribution in [0.4, 0.5) is 5.69 Å². The second kappa shape index (κ2) is 6.15. The fourth-order valence-electron chi connectivity index (χ4n) is 2.37. The van der Waals surface area contributed by atoms with Crippen molar-refractivity contribution in [2.75, 3.05) is 18.0 Å². The summed E-state index contributed by atoms with van der Waals surface area (Å²) in [6.07, 6.45) is 0.197. The highest BCUT2D eigenvalue weighted by Crippen LogP contribution is 2.27. The molecule has 1 aliphatic heterocycles. The summed E-state index contributed by atoms with van der Waals surface area (Å²) in [6, 6.07) is 3.72. The summed E-state index contributed by atoms with van der Waals surface area (Å²) in [6.45, 7) is 0.473. The molecular weight excluding hydrogens is 292 g/mol. The van der Waals surface area contributed by atoms with E-state index in [9.17, 15) is 14.4 Å². The molecule has 1 aromatic rings. The number of carboxylic acid groups (broad SMARTS) is 2. The van der Waals surface area contributed by atoms with E-state index in [1.165, 1.54) is 17.0 Å². The van der Waals surface area contributed by atoms with Gasteiger partial charge in [0.05, 0.1) is 11.1 Å². The molecule has 1 aliphatic rings. The zero-order valence-corrected chi connectivity index (χ0v) is 11.3. The summed E-state index contributed by atoms with van der Waals surface area (Å²) >= 11 is 0. The average molecular weight is 304 g/mol. The molecule has 9 heteroatoms. The number of hydrogen-bond donors (Lipinski definition) is 2. The van der Waals surface area contributed by atoms with Crippen molar-refractivity contribution in [1.82, 2.24) is 0 Å². The number of carbonyl (C=O) groups excluding carboxylic acids is 1. The van der Waals surface area contributed by atoms with Crippen LogP contribution in [0.2, 0.25) is 0 Å². The van der Waals surface area contributed by atoms with Gasteiger partial charge in [-0.05, 0) is 29.6 Å². The Bertz CT molecular complexity index is 696. The fraction of sp³-hybridized carbons (Fsp3) is 0.308. The predicted octanol–water partition coefficient (Wildman–Crippen LogP) is 1.75. The van der Waals surface area contributed by atoms with Gasteiger partial charge in [0.25, 0.3) is 0 Å². The molecule has 2 rings (SSSR count). The first-order chi connectivity index (χ1) is 10.4. The molecule has 1 atom stereocenters. The third kappa shape index (κ3) is 2.99. The zero-order valence-electron chi connectivity index (χ0n) is 11.3. The van der Waals surface area contributed by atoms with Crippen molar-refractivity contribution in [3.05, 3.63) is 39.8 Å². The lowest BCUT2D eigenvalue weighted by Crippen LogP contribution is -2.25. The van der Waals surface area contributed by atoms with Gasteiger partial charge in [-0.1, -0.05) is 5.11 Å². The lowest BCUT2D eigenvalue weighted by atomic mass is 10.1. The van der Waals surface area contributed by atoms with Gasteiger partial charge in [0, 0.05) is 30.1 Å². The van der Waals surface area contributed by atoms with Crippen LogP contribution in [0.3, 0.4) is 0 Å². The molecule has 9 nitrogen and oxygen atoms in total.